The molecule has 1 nitrogen and oxygen atoms in total. The summed E-state index contributed by atoms with van der Waals surface area (Å²) in [6, 6.07) is 9.78. The van der Waals surface area contributed by atoms with Crippen molar-refractivity contribution >= 4 is 0 Å². The van der Waals surface area contributed by atoms with Crippen LogP contribution in [0.3, 0.4) is 0 Å². The molecule has 1 aliphatic heterocycles. The molecule has 1 aliphatic rings. The maximum Gasteiger partial charge on any atom is 0.0320 e. The molecule has 1 aromatic rings. The highest BCUT2D eigenvalue weighted by atomic mass is 14.9. The van der Waals surface area contributed by atoms with Gasteiger partial charge in [0.1, 0.15) is 0 Å². The molecule has 0 unspecified atom stereocenters. The second kappa shape index (κ2) is 5.22. The largest absolute Gasteiger partial charge is 0.310 e. The molecule has 1 atom stereocenters. The molecule has 17 heavy (non-hydrogen) atoms. The average molecular weight is 231 g/mol. The van der Waals surface area contributed by atoms with Crippen molar-refractivity contribution in [1.82, 2.24) is 5.32 Å². The molecule has 1 fully saturated rings. The number of hydrogen-bond acceptors (Lipinski definition) is 1. The predicted octanol–water partition coefficient (Wildman–Crippen LogP) is 4.19. The Kier molecular flexibility index (Phi) is 3.88. The summed E-state index contributed by atoms with van der Waals surface area (Å²) in [4.78, 5) is 0. The van der Waals surface area contributed by atoms with Gasteiger partial charge in [0.2, 0.25) is 0 Å². The molecule has 0 aromatic heterocycles. The minimum atomic E-state index is 0.259. The van der Waals surface area contributed by atoms with Gasteiger partial charge in [-0.25, -0.2) is 0 Å². The Bertz CT molecular complexity index is 337. The van der Waals surface area contributed by atoms with Gasteiger partial charge in [-0.2, -0.15) is 0 Å². The normalized spacial score (nSPS) is 22.2. The summed E-state index contributed by atoms with van der Waals surface area (Å²) in [5, 5.41) is 3.66. The van der Waals surface area contributed by atoms with Crippen LogP contribution < -0.4 is 5.32 Å². The van der Waals surface area contributed by atoms with Gasteiger partial charge >= 0.3 is 0 Å². The molecule has 2 rings (SSSR count). The third-order valence-corrected chi connectivity index (χ3v) is 3.74. The van der Waals surface area contributed by atoms with Crippen LogP contribution in [-0.2, 0) is 5.41 Å². The van der Waals surface area contributed by atoms with Crippen LogP contribution in [0.1, 0.15) is 63.6 Å². The van der Waals surface area contributed by atoms with E-state index in [0.29, 0.717) is 6.04 Å². The van der Waals surface area contributed by atoms with E-state index < -0.39 is 0 Å². The van der Waals surface area contributed by atoms with Crippen LogP contribution in [0.4, 0.5) is 0 Å². The van der Waals surface area contributed by atoms with E-state index in [1.54, 1.807) is 0 Å². The maximum absolute atomic E-state index is 3.66. The molecule has 0 saturated carbocycles. The van der Waals surface area contributed by atoms with Crippen LogP contribution in [0.25, 0.3) is 0 Å². The fraction of sp³-hybridized carbons (Fsp3) is 0.625. The highest BCUT2D eigenvalue weighted by Crippen LogP contribution is 2.26. The van der Waals surface area contributed by atoms with Crippen LogP contribution >= 0.6 is 0 Å². The van der Waals surface area contributed by atoms with Crippen LogP contribution in [0.15, 0.2) is 24.3 Å². The molecule has 1 heterocycles. The Hall–Kier alpha value is -0.820. The minimum absolute atomic E-state index is 0.259. The summed E-state index contributed by atoms with van der Waals surface area (Å²) in [6.45, 7) is 7.98. The lowest BCUT2D eigenvalue weighted by atomic mass is 9.86. The monoisotopic (exact) mass is 231 g/mol. The Morgan fingerprint density at radius 1 is 1.00 bits per heavy atom. The summed E-state index contributed by atoms with van der Waals surface area (Å²) in [7, 11) is 0. The fourth-order valence-corrected chi connectivity index (χ4v) is 2.53. The standard InChI is InChI=1S/C16H25N/c1-16(2,3)14-10-8-13(9-11-14)15-7-5-4-6-12-17-15/h8-11,15,17H,4-7,12H2,1-3H3/t15-/m0/s1. The van der Waals surface area contributed by atoms with Gasteiger partial charge in [0, 0.05) is 6.04 Å². The molecule has 1 aromatic carbocycles. The molecular weight excluding hydrogens is 206 g/mol. The highest BCUT2D eigenvalue weighted by Gasteiger charge is 2.16. The summed E-state index contributed by atoms with van der Waals surface area (Å²) in [6.07, 6.45) is 5.35. The van der Waals surface area contributed by atoms with Crippen molar-refractivity contribution < 1.29 is 0 Å². The number of hydrogen-bond donors (Lipinski definition) is 1. The molecule has 0 aliphatic carbocycles. The zero-order chi connectivity index (χ0) is 12.3. The van der Waals surface area contributed by atoms with Gasteiger partial charge < -0.3 is 5.32 Å². The lowest BCUT2D eigenvalue weighted by molar-refractivity contribution is 0.533. The Balaban J connectivity index is 2.11. The molecule has 94 valence electrons. The molecule has 0 spiro atoms. The first-order valence-corrected chi connectivity index (χ1v) is 6.91. The van der Waals surface area contributed by atoms with Gasteiger partial charge in [0.15, 0.2) is 0 Å². The Labute approximate surface area is 106 Å². The third kappa shape index (κ3) is 3.32. The van der Waals surface area contributed by atoms with Crippen LogP contribution in [0, 0.1) is 0 Å². The second-order valence-electron chi connectivity index (χ2n) is 6.23. The third-order valence-electron chi connectivity index (χ3n) is 3.74. The van der Waals surface area contributed by atoms with E-state index in [1.807, 2.05) is 0 Å². The van der Waals surface area contributed by atoms with Crippen LogP contribution in [-0.4, -0.2) is 6.54 Å². The highest BCUT2D eigenvalue weighted by molar-refractivity contribution is 5.29. The van der Waals surface area contributed by atoms with Gasteiger partial charge in [-0.15, -0.1) is 0 Å². The van der Waals surface area contributed by atoms with Gasteiger partial charge in [-0.05, 0) is 35.9 Å². The zero-order valence-electron chi connectivity index (χ0n) is 11.4. The molecule has 1 N–H and O–H groups in total. The van der Waals surface area contributed by atoms with Gasteiger partial charge in [0.05, 0.1) is 0 Å². The summed E-state index contributed by atoms with van der Waals surface area (Å²) in [5.74, 6) is 0. The minimum Gasteiger partial charge on any atom is -0.310 e. The fourth-order valence-electron chi connectivity index (χ4n) is 2.53. The van der Waals surface area contributed by atoms with E-state index in [4.69, 9.17) is 0 Å². The van der Waals surface area contributed by atoms with Crippen molar-refractivity contribution in [2.45, 2.75) is 57.9 Å². The summed E-state index contributed by atoms with van der Waals surface area (Å²) in [5.41, 5.74) is 3.14. The van der Waals surface area contributed by atoms with Gasteiger partial charge in [-0.3, -0.25) is 0 Å². The van der Waals surface area contributed by atoms with E-state index in [9.17, 15) is 0 Å². The number of nitrogens with one attached hydrogen (secondary N) is 1. The molecule has 0 amide bonds. The van der Waals surface area contributed by atoms with Crippen molar-refractivity contribution in [3.05, 3.63) is 35.4 Å². The summed E-state index contributed by atoms with van der Waals surface area (Å²) >= 11 is 0. The lowest BCUT2D eigenvalue weighted by Crippen LogP contribution is -2.20. The first-order chi connectivity index (χ1) is 8.07. The summed E-state index contributed by atoms with van der Waals surface area (Å²) < 4.78 is 0. The maximum atomic E-state index is 3.66. The molecular formula is C16H25N. The number of benzene rings is 1. The van der Waals surface area contributed by atoms with Gasteiger partial charge in [0.25, 0.3) is 0 Å². The van der Waals surface area contributed by atoms with Crippen LogP contribution in [0.5, 0.6) is 0 Å². The molecule has 1 heteroatoms. The quantitative estimate of drug-likeness (QED) is 0.764. The van der Waals surface area contributed by atoms with Crippen molar-refractivity contribution in [3.63, 3.8) is 0 Å². The predicted molar refractivity (Wildman–Crippen MR) is 74.4 cm³/mol. The van der Waals surface area contributed by atoms with E-state index in [2.05, 4.69) is 50.4 Å². The van der Waals surface area contributed by atoms with E-state index in [-0.39, 0.29) is 5.41 Å². The molecule has 1 saturated heterocycles. The lowest BCUT2D eigenvalue weighted by Gasteiger charge is -2.21. The van der Waals surface area contributed by atoms with E-state index in [0.717, 1.165) is 0 Å². The first-order valence-electron chi connectivity index (χ1n) is 6.91. The van der Waals surface area contributed by atoms with E-state index >= 15 is 0 Å². The average Bonchev–Trinajstić information content (AvgIpc) is 2.56. The molecule has 0 bridgehead atoms. The first kappa shape index (κ1) is 12.6. The SMILES string of the molecule is CC(C)(C)c1ccc([C@@H]2CCCCCN2)cc1. The van der Waals surface area contributed by atoms with E-state index in [1.165, 1.54) is 43.4 Å². The van der Waals surface area contributed by atoms with Crippen molar-refractivity contribution in [1.29, 1.82) is 0 Å². The van der Waals surface area contributed by atoms with Crippen molar-refractivity contribution in [3.8, 4) is 0 Å². The Morgan fingerprint density at radius 3 is 2.35 bits per heavy atom. The van der Waals surface area contributed by atoms with Gasteiger partial charge in [-0.1, -0.05) is 57.9 Å². The van der Waals surface area contributed by atoms with Crippen LogP contribution in [0.2, 0.25) is 0 Å². The smallest absolute Gasteiger partial charge is 0.0320 e. The zero-order valence-corrected chi connectivity index (χ0v) is 11.4. The topological polar surface area (TPSA) is 12.0 Å². The molecule has 0 radical (unpaired) electrons. The van der Waals surface area contributed by atoms with Crippen molar-refractivity contribution in [2.24, 2.45) is 0 Å². The second-order valence-corrected chi connectivity index (χ2v) is 6.23. The van der Waals surface area contributed by atoms with Crippen molar-refractivity contribution in [2.75, 3.05) is 6.54 Å². The number of rotatable bonds is 1. The Morgan fingerprint density at radius 2 is 1.71 bits per heavy atom.